The highest BCUT2D eigenvalue weighted by molar-refractivity contribution is 5.92. The summed E-state index contributed by atoms with van der Waals surface area (Å²) in [4.78, 5) is 29.1. The summed E-state index contributed by atoms with van der Waals surface area (Å²) in [6.45, 7) is 4.55. The van der Waals surface area contributed by atoms with Crippen molar-refractivity contribution in [3.05, 3.63) is 47.2 Å². The van der Waals surface area contributed by atoms with E-state index in [2.05, 4.69) is 10.4 Å². The van der Waals surface area contributed by atoms with Gasteiger partial charge in [0.25, 0.3) is 0 Å². The molecule has 1 aromatic carbocycles. The van der Waals surface area contributed by atoms with Gasteiger partial charge < -0.3 is 15.1 Å². The number of piperidine rings is 1. The maximum Gasteiger partial charge on any atom is 0.319 e. The molecule has 0 radical (unpaired) electrons. The Balaban J connectivity index is 1.37. The Kier molecular flexibility index (Phi) is 6.20. The summed E-state index contributed by atoms with van der Waals surface area (Å²) in [7, 11) is 0. The highest BCUT2D eigenvalue weighted by Gasteiger charge is 2.31. The van der Waals surface area contributed by atoms with Gasteiger partial charge in [-0.1, -0.05) is 0 Å². The van der Waals surface area contributed by atoms with Gasteiger partial charge in [0, 0.05) is 43.2 Å². The summed E-state index contributed by atoms with van der Waals surface area (Å²) in [6.07, 6.45) is 4.88. The fourth-order valence-electron chi connectivity index (χ4n) is 4.25. The minimum Gasteiger partial charge on any atom is -0.325 e. The van der Waals surface area contributed by atoms with Crippen molar-refractivity contribution in [1.82, 2.24) is 19.6 Å². The lowest BCUT2D eigenvalue weighted by atomic mass is 9.96. The van der Waals surface area contributed by atoms with Gasteiger partial charge in [-0.3, -0.25) is 4.79 Å². The highest BCUT2D eigenvalue weighted by atomic mass is 19.1. The topological polar surface area (TPSA) is 70.5 Å². The summed E-state index contributed by atoms with van der Waals surface area (Å²) >= 11 is 0. The maximum absolute atomic E-state index is 14.0. The van der Waals surface area contributed by atoms with Crippen LogP contribution in [0, 0.1) is 24.5 Å². The van der Waals surface area contributed by atoms with Gasteiger partial charge >= 0.3 is 6.03 Å². The molecule has 2 aromatic rings. The third-order valence-corrected chi connectivity index (χ3v) is 6.10. The van der Waals surface area contributed by atoms with Crippen LogP contribution in [0.1, 0.15) is 36.8 Å². The molecule has 166 valence electrons. The second kappa shape index (κ2) is 9.03. The second-order valence-corrected chi connectivity index (χ2v) is 8.30. The van der Waals surface area contributed by atoms with Crippen LogP contribution < -0.4 is 5.32 Å². The molecule has 3 amide bonds. The largest absolute Gasteiger partial charge is 0.325 e. The number of carbonyl (C=O) groups excluding carboxylic acids is 2. The molecule has 0 atom stereocenters. The summed E-state index contributed by atoms with van der Waals surface area (Å²) in [5.41, 5.74) is 0.902. The Hall–Kier alpha value is -2.97. The van der Waals surface area contributed by atoms with E-state index < -0.39 is 11.6 Å². The Bertz CT molecular complexity index is 963. The van der Waals surface area contributed by atoms with Crippen LogP contribution in [0.4, 0.5) is 19.4 Å². The number of rotatable bonds is 4. The Labute approximate surface area is 180 Å². The molecule has 2 aliphatic heterocycles. The normalized spacial score (nSPS) is 17.3. The molecule has 3 heterocycles. The van der Waals surface area contributed by atoms with Crippen LogP contribution in [0.15, 0.2) is 24.4 Å². The number of amides is 3. The number of urea groups is 1. The molecule has 2 fully saturated rings. The molecule has 1 N–H and O–H groups in total. The van der Waals surface area contributed by atoms with E-state index in [0.29, 0.717) is 31.7 Å². The molecule has 0 bridgehead atoms. The number of nitrogens with one attached hydrogen (secondary N) is 1. The lowest BCUT2D eigenvalue weighted by molar-refractivity contribution is -0.121. The number of hydrogen-bond donors (Lipinski definition) is 1. The molecule has 7 nitrogen and oxygen atoms in total. The zero-order valence-corrected chi connectivity index (χ0v) is 17.6. The zero-order valence-electron chi connectivity index (χ0n) is 17.6. The number of carbonyl (C=O) groups is 2. The van der Waals surface area contributed by atoms with Crippen molar-refractivity contribution in [2.75, 3.05) is 31.5 Å². The number of halogens is 2. The first-order valence-corrected chi connectivity index (χ1v) is 10.7. The predicted octanol–water partition coefficient (Wildman–Crippen LogP) is 3.38. The standard InChI is InChI=1S/C22H27F2N5O2/c1-15-13-25-29(14-17-12-18(23)4-5-19(17)24)20(15)26-21(30)16-6-10-28(11-7-16)22(31)27-8-2-3-9-27/h4-5,12-13,16H,2-3,6-11,14H2,1H3,(H,26,30). The van der Waals surface area contributed by atoms with Crippen LogP contribution in [0.3, 0.4) is 0 Å². The van der Waals surface area contributed by atoms with E-state index in [4.69, 9.17) is 0 Å². The molecular formula is C22H27F2N5O2. The van der Waals surface area contributed by atoms with Crippen molar-refractivity contribution in [2.45, 2.75) is 39.2 Å². The third-order valence-electron chi connectivity index (χ3n) is 6.10. The van der Waals surface area contributed by atoms with Gasteiger partial charge in [0.1, 0.15) is 17.5 Å². The van der Waals surface area contributed by atoms with Gasteiger partial charge in [0.2, 0.25) is 5.91 Å². The van der Waals surface area contributed by atoms with Crippen LogP contribution in [-0.2, 0) is 11.3 Å². The van der Waals surface area contributed by atoms with Crippen molar-refractivity contribution >= 4 is 17.8 Å². The van der Waals surface area contributed by atoms with Crippen LogP contribution in [-0.4, -0.2) is 57.7 Å². The molecule has 0 unspecified atom stereocenters. The SMILES string of the molecule is Cc1cnn(Cc2cc(F)ccc2F)c1NC(=O)C1CCN(C(=O)N2CCCC2)CC1. The van der Waals surface area contributed by atoms with Crippen LogP contribution in [0.2, 0.25) is 0 Å². The van der Waals surface area contributed by atoms with E-state index in [-0.39, 0.29) is 30.0 Å². The summed E-state index contributed by atoms with van der Waals surface area (Å²) in [5, 5.41) is 7.13. The molecule has 9 heteroatoms. The lowest BCUT2D eigenvalue weighted by Crippen LogP contribution is -2.47. The number of benzene rings is 1. The Morgan fingerprint density at radius 3 is 2.48 bits per heavy atom. The van der Waals surface area contributed by atoms with Crippen molar-refractivity contribution < 1.29 is 18.4 Å². The van der Waals surface area contributed by atoms with Gasteiger partial charge in [-0.25, -0.2) is 18.3 Å². The minimum absolute atomic E-state index is 0.00975. The monoisotopic (exact) mass is 431 g/mol. The van der Waals surface area contributed by atoms with E-state index in [1.54, 1.807) is 13.1 Å². The number of nitrogens with zero attached hydrogens (tertiary/aromatic N) is 4. The van der Waals surface area contributed by atoms with Crippen molar-refractivity contribution in [2.24, 2.45) is 5.92 Å². The molecular weight excluding hydrogens is 404 g/mol. The average molecular weight is 431 g/mol. The minimum atomic E-state index is -0.527. The molecule has 2 aliphatic rings. The van der Waals surface area contributed by atoms with E-state index in [1.807, 2.05) is 9.80 Å². The van der Waals surface area contributed by atoms with Crippen molar-refractivity contribution in [3.8, 4) is 0 Å². The molecule has 31 heavy (non-hydrogen) atoms. The lowest BCUT2D eigenvalue weighted by Gasteiger charge is -2.34. The van der Waals surface area contributed by atoms with Gasteiger partial charge in [-0.05, 0) is 50.8 Å². The van der Waals surface area contributed by atoms with Crippen LogP contribution >= 0.6 is 0 Å². The van der Waals surface area contributed by atoms with Gasteiger partial charge in [-0.2, -0.15) is 5.10 Å². The van der Waals surface area contributed by atoms with Crippen LogP contribution in [0.25, 0.3) is 0 Å². The zero-order chi connectivity index (χ0) is 22.0. The van der Waals surface area contributed by atoms with Crippen molar-refractivity contribution in [3.63, 3.8) is 0 Å². The molecule has 0 aliphatic carbocycles. The van der Waals surface area contributed by atoms with E-state index >= 15 is 0 Å². The van der Waals surface area contributed by atoms with Crippen LogP contribution in [0.5, 0.6) is 0 Å². The van der Waals surface area contributed by atoms with Crippen molar-refractivity contribution in [1.29, 1.82) is 0 Å². The molecule has 4 rings (SSSR count). The number of aromatic nitrogens is 2. The van der Waals surface area contributed by atoms with Gasteiger partial charge in [0.05, 0.1) is 12.7 Å². The number of likely N-dealkylation sites (tertiary alicyclic amines) is 2. The average Bonchev–Trinajstić information content (AvgIpc) is 3.42. The fourth-order valence-corrected chi connectivity index (χ4v) is 4.25. The Morgan fingerprint density at radius 2 is 1.77 bits per heavy atom. The predicted molar refractivity (Wildman–Crippen MR) is 112 cm³/mol. The highest BCUT2D eigenvalue weighted by Crippen LogP contribution is 2.24. The summed E-state index contributed by atoms with van der Waals surface area (Å²) in [5.74, 6) is -0.929. The smallest absolute Gasteiger partial charge is 0.319 e. The summed E-state index contributed by atoms with van der Waals surface area (Å²) < 4.78 is 29.0. The third kappa shape index (κ3) is 4.70. The molecule has 1 aromatic heterocycles. The number of aryl methyl sites for hydroxylation is 1. The Morgan fingerprint density at radius 1 is 1.10 bits per heavy atom. The first-order chi connectivity index (χ1) is 14.9. The number of hydrogen-bond acceptors (Lipinski definition) is 3. The maximum atomic E-state index is 14.0. The second-order valence-electron chi connectivity index (χ2n) is 8.30. The first-order valence-electron chi connectivity index (χ1n) is 10.7. The molecule has 0 saturated carbocycles. The van der Waals surface area contributed by atoms with Gasteiger partial charge in [0.15, 0.2) is 0 Å². The van der Waals surface area contributed by atoms with Gasteiger partial charge in [-0.15, -0.1) is 0 Å². The molecule has 0 spiro atoms. The first kappa shape index (κ1) is 21.3. The van der Waals surface area contributed by atoms with E-state index in [0.717, 1.165) is 49.7 Å². The quantitative estimate of drug-likeness (QED) is 0.807. The van der Waals surface area contributed by atoms with E-state index in [1.165, 1.54) is 4.68 Å². The fraction of sp³-hybridized carbons (Fsp3) is 0.500. The van der Waals surface area contributed by atoms with E-state index in [9.17, 15) is 18.4 Å². The number of anilines is 1. The summed E-state index contributed by atoms with van der Waals surface area (Å²) in [6, 6.07) is 3.35. The molecule has 2 saturated heterocycles.